The van der Waals surface area contributed by atoms with E-state index in [1.165, 1.54) is 13.1 Å². The average molecular weight is 311 g/mol. The van der Waals surface area contributed by atoms with Crippen molar-refractivity contribution >= 4 is 17.6 Å². The zero-order chi connectivity index (χ0) is 16.2. The van der Waals surface area contributed by atoms with E-state index in [0.29, 0.717) is 17.9 Å². The van der Waals surface area contributed by atoms with Crippen molar-refractivity contribution < 1.29 is 9.59 Å². The number of hydrogen-bond acceptors (Lipinski definition) is 5. The fourth-order valence-corrected chi connectivity index (χ4v) is 2.78. The van der Waals surface area contributed by atoms with Crippen LogP contribution in [0.3, 0.4) is 0 Å². The highest BCUT2D eigenvalue weighted by Crippen LogP contribution is 2.31. The van der Waals surface area contributed by atoms with Gasteiger partial charge in [-0.15, -0.1) is 0 Å². The highest BCUT2D eigenvalue weighted by molar-refractivity contribution is 5.96. The van der Waals surface area contributed by atoms with Crippen LogP contribution in [0.4, 0.5) is 5.82 Å². The van der Waals surface area contributed by atoms with Crippen molar-refractivity contribution in [1.82, 2.24) is 19.9 Å². The summed E-state index contributed by atoms with van der Waals surface area (Å²) < 4.78 is 0. The van der Waals surface area contributed by atoms with E-state index in [1.54, 1.807) is 35.6 Å². The number of nitrogens with zero attached hydrogens (tertiary/aromatic N) is 4. The number of carbonyl (C=O) groups is 2. The van der Waals surface area contributed by atoms with Crippen LogP contribution in [0.2, 0.25) is 0 Å². The maximum Gasteiger partial charge on any atom is 0.254 e. The molecule has 1 fully saturated rings. The molecular formula is C16H17N5O2. The molecular weight excluding hydrogens is 294 g/mol. The summed E-state index contributed by atoms with van der Waals surface area (Å²) in [6, 6.07) is 3.18. The number of pyridine rings is 1. The SMILES string of the molecule is CC(=O)Nc1cc(C(=O)N2CCCC2c2cnccn2)ccn1. The summed E-state index contributed by atoms with van der Waals surface area (Å²) in [5, 5.41) is 2.59. The molecule has 1 unspecified atom stereocenters. The zero-order valence-corrected chi connectivity index (χ0v) is 12.8. The Bertz CT molecular complexity index is 719. The number of anilines is 1. The van der Waals surface area contributed by atoms with Crippen molar-refractivity contribution in [3.8, 4) is 0 Å². The number of rotatable bonds is 3. The molecule has 2 aromatic heterocycles. The Balaban J connectivity index is 1.83. The second-order valence-corrected chi connectivity index (χ2v) is 5.40. The minimum atomic E-state index is -0.222. The van der Waals surface area contributed by atoms with Crippen molar-refractivity contribution in [2.24, 2.45) is 0 Å². The Morgan fingerprint density at radius 2 is 2.13 bits per heavy atom. The molecule has 3 rings (SSSR count). The molecule has 7 heteroatoms. The zero-order valence-electron chi connectivity index (χ0n) is 12.8. The van der Waals surface area contributed by atoms with Gasteiger partial charge in [0.15, 0.2) is 0 Å². The normalized spacial score (nSPS) is 17.1. The first-order valence-electron chi connectivity index (χ1n) is 7.45. The molecule has 2 aromatic rings. The number of aromatic nitrogens is 3. The maximum atomic E-state index is 12.8. The van der Waals surface area contributed by atoms with Crippen LogP contribution in [0.1, 0.15) is 41.9 Å². The van der Waals surface area contributed by atoms with E-state index >= 15 is 0 Å². The lowest BCUT2D eigenvalue weighted by molar-refractivity contribution is -0.114. The van der Waals surface area contributed by atoms with Gasteiger partial charge in [-0.25, -0.2) is 4.98 Å². The van der Waals surface area contributed by atoms with Gasteiger partial charge in [-0.05, 0) is 25.0 Å². The topological polar surface area (TPSA) is 88.1 Å². The molecule has 1 saturated heterocycles. The number of carbonyl (C=O) groups excluding carboxylic acids is 2. The first kappa shape index (κ1) is 15.1. The van der Waals surface area contributed by atoms with E-state index in [2.05, 4.69) is 20.3 Å². The summed E-state index contributed by atoms with van der Waals surface area (Å²) in [7, 11) is 0. The summed E-state index contributed by atoms with van der Waals surface area (Å²) in [4.78, 5) is 38.2. The second-order valence-electron chi connectivity index (χ2n) is 5.40. The molecule has 1 N–H and O–H groups in total. The van der Waals surface area contributed by atoms with Gasteiger partial charge in [-0.2, -0.15) is 0 Å². The van der Waals surface area contributed by atoms with Crippen LogP contribution in [-0.2, 0) is 4.79 Å². The lowest BCUT2D eigenvalue weighted by Crippen LogP contribution is -2.31. The van der Waals surface area contributed by atoms with Crippen molar-refractivity contribution in [1.29, 1.82) is 0 Å². The van der Waals surface area contributed by atoms with Crippen LogP contribution < -0.4 is 5.32 Å². The highest BCUT2D eigenvalue weighted by atomic mass is 16.2. The quantitative estimate of drug-likeness (QED) is 0.934. The van der Waals surface area contributed by atoms with E-state index in [4.69, 9.17) is 0 Å². The predicted molar refractivity (Wildman–Crippen MR) is 83.6 cm³/mol. The Kier molecular flexibility index (Phi) is 4.27. The Labute approximate surface area is 133 Å². The van der Waals surface area contributed by atoms with Crippen LogP contribution >= 0.6 is 0 Å². The minimum absolute atomic E-state index is 0.0615. The van der Waals surface area contributed by atoms with Gasteiger partial charge in [0.1, 0.15) is 5.82 Å². The summed E-state index contributed by atoms with van der Waals surface area (Å²) >= 11 is 0. The number of nitrogens with one attached hydrogen (secondary N) is 1. The fraction of sp³-hybridized carbons (Fsp3) is 0.312. The van der Waals surface area contributed by atoms with E-state index in [-0.39, 0.29) is 17.9 Å². The van der Waals surface area contributed by atoms with Crippen LogP contribution in [0.5, 0.6) is 0 Å². The molecule has 7 nitrogen and oxygen atoms in total. The number of amides is 2. The lowest BCUT2D eigenvalue weighted by atomic mass is 10.1. The lowest BCUT2D eigenvalue weighted by Gasteiger charge is -2.24. The molecule has 1 aliphatic rings. The van der Waals surface area contributed by atoms with Gasteiger partial charge in [-0.3, -0.25) is 19.6 Å². The van der Waals surface area contributed by atoms with E-state index in [9.17, 15) is 9.59 Å². The third kappa shape index (κ3) is 3.33. The van der Waals surface area contributed by atoms with Crippen LogP contribution in [0.25, 0.3) is 0 Å². The van der Waals surface area contributed by atoms with Gasteiger partial charge >= 0.3 is 0 Å². The Morgan fingerprint density at radius 3 is 2.87 bits per heavy atom. The first-order valence-corrected chi connectivity index (χ1v) is 7.45. The Hall–Kier alpha value is -2.83. The highest BCUT2D eigenvalue weighted by Gasteiger charge is 2.31. The van der Waals surface area contributed by atoms with Gasteiger partial charge in [0.25, 0.3) is 5.91 Å². The van der Waals surface area contributed by atoms with Crippen LogP contribution in [-0.4, -0.2) is 38.2 Å². The molecule has 3 heterocycles. The molecule has 0 bridgehead atoms. The van der Waals surface area contributed by atoms with E-state index < -0.39 is 0 Å². The molecule has 118 valence electrons. The first-order chi connectivity index (χ1) is 11.1. The smallest absolute Gasteiger partial charge is 0.254 e. The molecule has 23 heavy (non-hydrogen) atoms. The van der Waals surface area contributed by atoms with Gasteiger partial charge in [-0.1, -0.05) is 0 Å². The standard InChI is InChI=1S/C16H17N5O2/c1-11(22)20-15-9-12(4-5-19-15)16(23)21-8-2-3-14(21)13-10-17-6-7-18-13/h4-7,9-10,14H,2-3,8H2,1H3,(H,19,20,22). The van der Waals surface area contributed by atoms with Crippen LogP contribution in [0.15, 0.2) is 36.9 Å². The second kappa shape index (κ2) is 6.51. The summed E-state index contributed by atoms with van der Waals surface area (Å²) in [6.07, 6.45) is 8.27. The third-order valence-electron chi connectivity index (χ3n) is 3.75. The number of hydrogen-bond donors (Lipinski definition) is 1. The Morgan fingerprint density at radius 1 is 1.26 bits per heavy atom. The van der Waals surface area contributed by atoms with Gasteiger partial charge < -0.3 is 10.2 Å². The largest absolute Gasteiger partial charge is 0.330 e. The van der Waals surface area contributed by atoms with Gasteiger partial charge in [0.05, 0.1) is 17.9 Å². The molecule has 0 aromatic carbocycles. The monoisotopic (exact) mass is 311 g/mol. The molecule has 0 radical (unpaired) electrons. The van der Waals surface area contributed by atoms with Crippen molar-refractivity contribution in [2.75, 3.05) is 11.9 Å². The van der Waals surface area contributed by atoms with E-state index in [0.717, 1.165) is 18.5 Å². The minimum Gasteiger partial charge on any atom is -0.330 e. The number of likely N-dealkylation sites (tertiary alicyclic amines) is 1. The molecule has 0 aliphatic carbocycles. The summed E-state index contributed by atoms with van der Waals surface area (Å²) in [5.41, 5.74) is 1.30. The fourth-order valence-electron chi connectivity index (χ4n) is 2.78. The molecule has 2 amide bonds. The molecule has 0 saturated carbocycles. The van der Waals surface area contributed by atoms with Crippen molar-refractivity contribution in [2.45, 2.75) is 25.8 Å². The summed E-state index contributed by atoms with van der Waals surface area (Å²) in [5.74, 6) is 0.0615. The predicted octanol–water partition coefficient (Wildman–Crippen LogP) is 1.81. The summed E-state index contributed by atoms with van der Waals surface area (Å²) in [6.45, 7) is 2.08. The van der Waals surface area contributed by atoms with Gasteiger partial charge in [0, 0.05) is 37.6 Å². The van der Waals surface area contributed by atoms with Crippen molar-refractivity contribution in [3.63, 3.8) is 0 Å². The molecule has 1 aliphatic heterocycles. The average Bonchev–Trinajstić information content (AvgIpc) is 3.04. The van der Waals surface area contributed by atoms with Gasteiger partial charge in [0.2, 0.25) is 5.91 Å². The molecule has 0 spiro atoms. The maximum absolute atomic E-state index is 12.8. The third-order valence-corrected chi connectivity index (χ3v) is 3.75. The van der Waals surface area contributed by atoms with E-state index in [1.807, 2.05) is 0 Å². The van der Waals surface area contributed by atoms with Crippen LogP contribution in [0, 0.1) is 0 Å². The van der Waals surface area contributed by atoms with Crippen molar-refractivity contribution in [3.05, 3.63) is 48.2 Å². The molecule has 1 atom stereocenters.